The average Bonchev–Trinajstić information content (AvgIpc) is 2.92. The topological polar surface area (TPSA) is 111 Å². The van der Waals surface area contributed by atoms with Gasteiger partial charge >= 0.3 is 12.3 Å². The van der Waals surface area contributed by atoms with E-state index in [-0.39, 0.29) is 24.5 Å². The number of benzene rings is 3. The van der Waals surface area contributed by atoms with Crippen LogP contribution in [0, 0.1) is 0 Å². The van der Waals surface area contributed by atoms with Gasteiger partial charge in [-0.1, -0.05) is 60.7 Å². The van der Waals surface area contributed by atoms with E-state index < -0.39 is 30.0 Å². The Balaban J connectivity index is 1.33. The second-order valence-corrected chi connectivity index (χ2v) is 8.34. The molecule has 3 aromatic carbocycles. The number of carbonyl (C=O) groups is 2. The monoisotopic (exact) mass is 537 g/mol. The molecule has 0 fully saturated rings. The molecule has 39 heavy (non-hydrogen) atoms. The Morgan fingerprint density at radius 2 is 1.56 bits per heavy atom. The number of ether oxygens (including phenoxy) is 2. The molecule has 0 aliphatic carbocycles. The van der Waals surface area contributed by atoms with E-state index in [0.29, 0.717) is 5.69 Å². The minimum Gasteiger partial charge on any atom is -0.487 e. The van der Waals surface area contributed by atoms with E-state index in [1.165, 1.54) is 18.3 Å². The van der Waals surface area contributed by atoms with Gasteiger partial charge in [-0.3, -0.25) is 9.78 Å². The maximum absolute atomic E-state index is 12.6. The summed E-state index contributed by atoms with van der Waals surface area (Å²) in [6.45, 7) is -0.138. The van der Waals surface area contributed by atoms with Crippen LogP contribution in [0.2, 0.25) is 0 Å². The molecule has 0 aliphatic rings. The lowest BCUT2D eigenvalue weighted by Crippen LogP contribution is -2.42. The van der Waals surface area contributed by atoms with Crippen molar-refractivity contribution in [1.29, 1.82) is 0 Å². The zero-order valence-electron chi connectivity index (χ0n) is 20.3. The van der Waals surface area contributed by atoms with Crippen LogP contribution >= 0.6 is 0 Å². The fourth-order valence-corrected chi connectivity index (χ4v) is 3.60. The highest BCUT2D eigenvalue weighted by Crippen LogP contribution is 2.26. The van der Waals surface area contributed by atoms with Crippen molar-refractivity contribution < 1.29 is 37.3 Å². The number of alkyl halides is 3. The number of aromatic nitrogens is 2. The van der Waals surface area contributed by atoms with Crippen molar-refractivity contribution in [2.45, 2.75) is 25.4 Å². The summed E-state index contributed by atoms with van der Waals surface area (Å²) < 4.78 is 46.4. The molecule has 4 aromatic rings. The van der Waals surface area contributed by atoms with Gasteiger partial charge in [0.15, 0.2) is 0 Å². The van der Waals surface area contributed by atoms with Gasteiger partial charge in [-0.15, -0.1) is 13.2 Å². The summed E-state index contributed by atoms with van der Waals surface area (Å²) in [7, 11) is 0. The molecular weight excluding hydrogens is 515 g/mol. The highest BCUT2D eigenvalue weighted by atomic mass is 19.4. The lowest BCUT2D eigenvalue weighted by atomic mass is 10.0. The summed E-state index contributed by atoms with van der Waals surface area (Å²) in [6.07, 6.45) is -2.35. The van der Waals surface area contributed by atoms with Crippen molar-refractivity contribution >= 4 is 11.9 Å². The molecule has 0 spiro atoms. The predicted molar refractivity (Wildman–Crippen MR) is 134 cm³/mol. The lowest BCUT2D eigenvalue weighted by Gasteiger charge is -2.15. The van der Waals surface area contributed by atoms with E-state index in [2.05, 4.69) is 20.0 Å². The molecule has 0 saturated carbocycles. The molecule has 11 heteroatoms. The van der Waals surface area contributed by atoms with Gasteiger partial charge < -0.3 is 19.9 Å². The third-order valence-electron chi connectivity index (χ3n) is 5.47. The number of carboxylic acids is 1. The first kappa shape index (κ1) is 27.1. The summed E-state index contributed by atoms with van der Waals surface area (Å²) in [5.41, 5.74) is 2.93. The first-order valence-electron chi connectivity index (χ1n) is 11.6. The molecule has 1 heterocycles. The summed E-state index contributed by atoms with van der Waals surface area (Å²) in [5, 5.41) is 12.1. The largest absolute Gasteiger partial charge is 0.573 e. The minimum absolute atomic E-state index is 0.0621. The number of nitrogens with one attached hydrogen (secondary N) is 1. The third kappa shape index (κ3) is 8.03. The first-order valence-corrected chi connectivity index (χ1v) is 11.6. The van der Waals surface area contributed by atoms with Crippen molar-refractivity contribution in [2.75, 3.05) is 0 Å². The van der Waals surface area contributed by atoms with Crippen LogP contribution in [-0.4, -0.2) is 39.4 Å². The van der Waals surface area contributed by atoms with Crippen LogP contribution in [0.15, 0.2) is 91.3 Å². The zero-order chi connectivity index (χ0) is 27.8. The van der Waals surface area contributed by atoms with Crippen LogP contribution < -0.4 is 14.8 Å². The number of hydrogen-bond donors (Lipinski definition) is 2. The van der Waals surface area contributed by atoms with Crippen molar-refractivity contribution in [3.8, 4) is 22.6 Å². The number of halogens is 3. The molecule has 2 N–H and O–H groups in total. The Hall–Kier alpha value is -4.93. The number of hydrogen-bond acceptors (Lipinski definition) is 6. The standard InChI is InChI=1S/C28H22F3N3O5/c29-28(30,31)39-23-8-4-7-22(14-23)38-17-21-15-33-25(16-32-21)26(35)34-24(27(36)37)13-18-9-11-20(12-10-18)19-5-2-1-3-6-19/h1-12,14-16,24H,13,17H2,(H,34,35)(H,36,37)/t24-/m1/s1. The van der Waals surface area contributed by atoms with E-state index in [1.807, 2.05) is 54.6 Å². The minimum atomic E-state index is -4.83. The maximum Gasteiger partial charge on any atom is 0.573 e. The maximum atomic E-state index is 12.6. The van der Waals surface area contributed by atoms with Gasteiger partial charge in [0.05, 0.1) is 18.1 Å². The summed E-state index contributed by atoms with van der Waals surface area (Å²) in [4.78, 5) is 32.5. The van der Waals surface area contributed by atoms with Gasteiger partial charge in [0.1, 0.15) is 29.8 Å². The molecule has 0 bridgehead atoms. The number of carboxylic acid groups (broad SMARTS) is 1. The molecule has 1 amide bonds. The smallest absolute Gasteiger partial charge is 0.487 e. The predicted octanol–water partition coefficient (Wildman–Crippen LogP) is 5.05. The molecule has 1 atom stereocenters. The first-order chi connectivity index (χ1) is 18.7. The van der Waals surface area contributed by atoms with Gasteiger partial charge in [-0.05, 0) is 28.8 Å². The van der Waals surface area contributed by atoms with E-state index in [4.69, 9.17) is 4.74 Å². The fourth-order valence-electron chi connectivity index (χ4n) is 3.60. The van der Waals surface area contributed by atoms with Gasteiger partial charge in [0, 0.05) is 12.5 Å². The van der Waals surface area contributed by atoms with Crippen LogP contribution in [0.1, 0.15) is 21.7 Å². The molecule has 0 radical (unpaired) electrons. The molecule has 0 unspecified atom stereocenters. The number of aliphatic carboxylic acids is 1. The van der Waals surface area contributed by atoms with Gasteiger partial charge in [0.2, 0.25) is 0 Å². The number of amides is 1. The molecule has 4 rings (SSSR count). The second kappa shape index (κ2) is 12.1. The highest BCUT2D eigenvalue weighted by molar-refractivity contribution is 5.94. The summed E-state index contributed by atoms with van der Waals surface area (Å²) >= 11 is 0. The van der Waals surface area contributed by atoms with E-state index in [9.17, 15) is 27.9 Å². The second-order valence-electron chi connectivity index (χ2n) is 8.34. The van der Waals surface area contributed by atoms with Crippen LogP contribution in [-0.2, 0) is 17.8 Å². The molecule has 0 saturated heterocycles. The lowest BCUT2D eigenvalue weighted by molar-refractivity contribution is -0.274. The van der Waals surface area contributed by atoms with Crippen LogP contribution in [0.25, 0.3) is 11.1 Å². The van der Waals surface area contributed by atoms with Crippen molar-refractivity contribution in [3.05, 3.63) is 108 Å². The third-order valence-corrected chi connectivity index (χ3v) is 5.47. The van der Waals surface area contributed by atoms with Crippen LogP contribution in [0.5, 0.6) is 11.5 Å². The van der Waals surface area contributed by atoms with Gasteiger partial charge in [0.25, 0.3) is 5.91 Å². The molecule has 1 aromatic heterocycles. The Bertz CT molecular complexity index is 1410. The van der Waals surface area contributed by atoms with Crippen molar-refractivity contribution in [1.82, 2.24) is 15.3 Å². The fraction of sp³-hybridized carbons (Fsp3) is 0.143. The SMILES string of the molecule is O=C(N[C@H](Cc1ccc(-c2ccccc2)cc1)C(=O)O)c1cnc(COc2cccc(OC(F)(F)F)c2)cn1. The average molecular weight is 537 g/mol. The molecule has 8 nitrogen and oxygen atoms in total. The van der Waals surface area contributed by atoms with Crippen molar-refractivity contribution in [2.24, 2.45) is 0 Å². The van der Waals surface area contributed by atoms with E-state index in [0.717, 1.165) is 35.0 Å². The Morgan fingerprint density at radius 3 is 2.21 bits per heavy atom. The Morgan fingerprint density at radius 1 is 0.872 bits per heavy atom. The van der Waals surface area contributed by atoms with Gasteiger partial charge in [-0.25, -0.2) is 9.78 Å². The Labute approximate surface area is 221 Å². The Kier molecular flexibility index (Phi) is 8.40. The van der Waals surface area contributed by atoms with E-state index >= 15 is 0 Å². The molecular formula is C28H22F3N3O5. The summed E-state index contributed by atoms with van der Waals surface area (Å²) in [5.74, 6) is -2.25. The van der Waals surface area contributed by atoms with Crippen LogP contribution in [0.4, 0.5) is 13.2 Å². The van der Waals surface area contributed by atoms with Crippen LogP contribution in [0.3, 0.4) is 0 Å². The number of carbonyl (C=O) groups excluding carboxylic acids is 1. The quantitative estimate of drug-likeness (QED) is 0.291. The number of nitrogens with zero attached hydrogens (tertiary/aromatic N) is 2. The van der Waals surface area contributed by atoms with E-state index in [1.54, 1.807) is 0 Å². The van der Waals surface area contributed by atoms with Crippen molar-refractivity contribution in [3.63, 3.8) is 0 Å². The number of rotatable bonds is 10. The zero-order valence-corrected chi connectivity index (χ0v) is 20.3. The molecule has 0 aliphatic heterocycles. The van der Waals surface area contributed by atoms with Gasteiger partial charge in [-0.2, -0.15) is 0 Å². The summed E-state index contributed by atoms with van der Waals surface area (Å²) in [6, 6.07) is 20.9. The highest BCUT2D eigenvalue weighted by Gasteiger charge is 2.31. The normalized spacial score (nSPS) is 11.9. The molecule has 200 valence electrons.